The largest absolute Gasteiger partial charge is 0.419 e. The van der Waals surface area contributed by atoms with Gasteiger partial charge < -0.3 is 4.90 Å². The minimum atomic E-state index is -4.99. The van der Waals surface area contributed by atoms with Crippen LogP contribution in [0, 0.1) is 18.6 Å². The zero-order valence-electron chi connectivity index (χ0n) is 22.5. The van der Waals surface area contributed by atoms with Crippen molar-refractivity contribution in [3.63, 3.8) is 0 Å². The van der Waals surface area contributed by atoms with E-state index in [0.29, 0.717) is 29.5 Å². The summed E-state index contributed by atoms with van der Waals surface area (Å²) in [6.07, 6.45) is -2.76. The molecular formula is C28H29F5N6S. The van der Waals surface area contributed by atoms with Crippen molar-refractivity contribution in [3.05, 3.63) is 70.9 Å². The van der Waals surface area contributed by atoms with Gasteiger partial charge in [0.2, 0.25) is 5.95 Å². The zero-order valence-corrected chi connectivity index (χ0v) is 23.3. The second kappa shape index (κ2) is 11.0. The van der Waals surface area contributed by atoms with E-state index >= 15 is 4.39 Å². The van der Waals surface area contributed by atoms with Gasteiger partial charge >= 0.3 is 6.18 Å². The summed E-state index contributed by atoms with van der Waals surface area (Å²) in [4.78, 5) is 11.4. The van der Waals surface area contributed by atoms with Crippen LogP contribution < -0.4 is 4.90 Å². The minimum absolute atomic E-state index is 0.0686. The van der Waals surface area contributed by atoms with E-state index in [0.717, 1.165) is 26.4 Å². The normalized spacial score (nSPS) is 16.9. The number of aryl methyl sites for hydroxylation is 1. The maximum Gasteiger partial charge on any atom is 0.419 e. The Hall–Kier alpha value is -3.25. The molecule has 0 saturated carbocycles. The smallest absolute Gasteiger partial charge is 0.335 e. The van der Waals surface area contributed by atoms with Gasteiger partial charge in [0.05, 0.1) is 10.9 Å². The highest BCUT2D eigenvalue weighted by Gasteiger charge is 2.37. The molecule has 3 heterocycles. The summed E-state index contributed by atoms with van der Waals surface area (Å²) in [7, 11) is 1.58. The number of benzene rings is 2. The lowest BCUT2D eigenvalue weighted by molar-refractivity contribution is -0.140. The van der Waals surface area contributed by atoms with Gasteiger partial charge in [0, 0.05) is 55.3 Å². The molecule has 0 radical (unpaired) electrons. The number of piperazine rings is 1. The van der Waals surface area contributed by atoms with Gasteiger partial charge in [-0.3, -0.25) is 0 Å². The highest BCUT2D eigenvalue weighted by atomic mass is 32.2. The molecule has 212 valence electrons. The lowest BCUT2D eigenvalue weighted by Gasteiger charge is -2.41. The van der Waals surface area contributed by atoms with Crippen LogP contribution in [0.3, 0.4) is 0 Å². The van der Waals surface area contributed by atoms with Crippen LogP contribution in [0.1, 0.15) is 30.5 Å². The van der Waals surface area contributed by atoms with E-state index < -0.39 is 34.5 Å². The topological polar surface area (TPSA) is 50.1 Å². The van der Waals surface area contributed by atoms with Crippen molar-refractivity contribution in [3.8, 4) is 11.3 Å². The molecule has 0 amide bonds. The van der Waals surface area contributed by atoms with Gasteiger partial charge in [-0.15, -0.1) is 0 Å². The van der Waals surface area contributed by atoms with Crippen molar-refractivity contribution in [1.82, 2.24) is 24.1 Å². The highest BCUT2D eigenvalue weighted by molar-refractivity contribution is 7.97. The van der Waals surface area contributed by atoms with E-state index in [1.54, 1.807) is 7.05 Å². The summed E-state index contributed by atoms with van der Waals surface area (Å²) < 4.78 is 73.6. The first-order valence-electron chi connectivity index (χ1n) is 12.9. The summed E-state index contributed by atoms with van der Waals surface area (Å²) in [5, 5.41) is 5.00. The minimum Gasteiger partial charge on any atom is -0.335 e. The molecule has 1 atom stereocenters. The lowest BCUT2D eigenvalue weighted by Crippen LogP contribution is -2.53. The molecule has 0 aliphatic carbocycles. The van der Waals surface area contributed by atoms with E-state index in [4.69, 9.17) is 4.98 Å². The first-order valence-corrected chi connectivity index (χ1v) is 13.8. The number of nitrogens with zero attached hydrogens (tertiary/aromatic N) is 6. The van der Waals surface area contributed by atoms with Crippen LogP contribution >= 0.6 is 11.9 Å². The molecule has 2 aromatic heterocycles. The first kappa shape index (κ1) is 28.3. The quantitative estimate of drug-likeness (QED) is 0.195. The van der Waals surface area contributed by atoms with E-state index in [1.807, 2.05) is 30.1 Å². The number of anilines is 1. The van der Waals surface area contributed by atoms with Crippen molar-refractivity contribution in [2.45, 2.75) is 44.7 Å². The third-order valence-electron chi connectivity index (χ3n) is 6.92. The molecule has 1 unspecified atom stereocenters. The molecule has 1 aliphatic heterocycles. The van der Waals surface area contributed by atoms with Crippen LogP contribution in [-0.2, 0) is 19.6 Å². The third kappa shape index (κ3) is 5.51. The van der Waals surface area contributed by atoms with Crippen LogP contribution in [0.4, 0.5) is 27.9 Å². The van der Waals surface area contributed by atoms with Crippen molar-refractivity contribution < 1.29 is 22.0 Å². The first-order chi connectivity index (χ1) is 18.9. The monoisotopic (exact) mass is 576 g/mol. The zero-order chi connectivity index (χ0) is 28.8. The predicted molar refractivity (Wildman–Crippen MR) is 147 cm³/mol. The Labute approximate surface area is 233 Å². The van der Waals surface area contributed by atoms with Crippen molar-refractivity contribution in [2.75, 3.05) is 24.5 Å². The van der Waals surface area contributed by atoms with Gasteiger partial charge in [-0.2, -0.15) is 23.3 Å². The maximum absolute atomic E-state index is 15.1. The number of alkyl halides is 3. The fourth-order valence-electron chi connectivity index (χ4n) is 5.06. The number of rotatable bonds is 6. The van der Waals surface area contributed by atoms with Gasteiger partial charge in [-0.25, -0.2) is 22.8 Å². The molecule has 1 aliphatic rings. The van der Waals surface area contributed by atoms with E-state index in [9.17, 15) is 17.6 Å². The van der Waals surface area contributed by atoms with Crippen molar-refractivity contribution >= 4 is 28.9 Å². The predicted octanol–water partition coefficient (Wildman–Crippen LogP) is 6.43. The second-order valence-corrected chi connectivity index (χ2v) is 11.9. The molecule has 5 rings (SSSR count). The molecule has 0 spiro atoms. The third-order valence-corrected chi connectivity index (χ3v) is 7.98. The lowest BCUT2D eigenvalue weighted by atomic mass is 10.0. The Morgan fingerprint density at radius 3 is 2.48 bits per heavy atom. The van der Waals surface area contributed by atoms with Gasteiger partial charge in [-0.05, 0) is 25.0 Å². The van der Waals surface area contributed by atoms with Crippen LogP contribution in [0.2, 0.25) is 0 Å². The van der Waals surface area contributed by atoms with E-state index in [2.05, 4.69) is 45.3 Å². The number of aromatic nitrogens is 4. The standard InChI is InChI=1S/C28H29F5N6S/c1-16(2)40-38-10-11-39(19(15-38)12-18-8-6-5-7-9-18)27-34-14-21-25(36-37(4)26(21)35-27)20-13-22(28(31,32)33)24(30)17(3)23(20)29/h5-9,13-14,16,19H,10-12,15H2,1-4H3. The van der Waals surface area contributed by atoms with Crippen molar-refractivity contribution in [2.24, 2.45) is 7.05 Å². The average Bonchev–Trinajstić information content (AvgIpc) is 3.22. The van der Waals surface area contributed by atoms with Crippen molar-refractivity contribution in [1.29, 1.82) is 0 Å². The number of fused-ring (bicyclic) bond motifs is 1. The van der Waals surface area contributed by atoms with E-state index in [-0.39, 0.29) is 17.1 Å². The fourth-order valence-corrected chi connectivity index (χ4v) is 6.10. The Kier molecular flexibility index (Phi) is 7.75. The molecule has 0 N–H and O–H groups in total. The van der Waals surface area contributed by atoms with Gasteiger partial charge in [0.25, 0.3) is 0 Å². The van der Waals surface area contributed by atoms with Gasteiger partial charge in [0.1, 0.15) is 17.3 Å². The Morgan fingerprint density at radius 2 is 1.80 bits per heavy atom. The van der Waals surface area contributed by atoms with Crippen LogP contribution in [0.15, 0.2) is 42.6 Å². The Balaban J connectivity index is 1.54. The SMILES string of the molecule is Cc1c(F)c(-c2nn(C)c3nc(N4CCN(SC(C)C)CC4Cc4ccccc4)ncc23)cc(C(F)(F)F)c1F. The van der Waals surface area contributed by atoms with Crippen LogP contribution in [-0.4, -0.2) is 55.0 Å². The molecule has 12 heteroatoms. The molecule has 1 saturated heterocycles. The molecule has 40 heavy (non-hydrogen) atoms. The molecule has 0 bridgehead atoms. The number of hydrogen-bond acceptors (Lipinski definition) is 6. The molecule has 6 nitrogen and oxygen atoms in total. The Morgan fingerprint density at radius 1 is 1.07 bits per heavy atom. The average molecular weight is 577 g/mol. The molecular weight excluding hydrogens is 547 g/mol. The number of halogens is 5. The summed E-state index contributed by atoms with van der Waals surface area (Å²) in [5.41, 5.74) is -1.27. The summed E-state index contributed by atoms with van der Waals surface area (Å²) >= 11 is 1.81. The van der Waals surface area contributed by atoms with Gasteiger partial charge in [0.15, 0.2) is 5.65 Å². The van der Waals surface area contributed by atoms with Crippen LogP contribution in [0.25, 0.3) is 22.3 Å². The molecule has 1 fully saturated rings. The number of hydrogen-bond donors (Lipinski definition) is 0. The van der Waals surface area contributed by atoms with E-state index in [1.165, 1.54) is 16.4 Å². The maximum atomic E-state index is 15.1. The summed E-state index contributed by atoms with van der Waals surface area (Å²) in [6.45, 7) is 7.55. The molecule has 2 aromatic carbocycles. The molecule has 4 aromatic rings. The summed E-state index contributed by atoms with van der Waals surface area (Å²) in [6, 6.07) is 10.7. The fraction of sp³-hybridized carbons (Fsp3) is 0.393. The second-order valence-electron chi connectivity index (χ2n) is 10.2. The Bertz CT molecular complexity index is 1520. The van der Waals surface area contributed by atoms with Gasteiger partial charge in [-0.1, -0.05) is 56.1 Å². The summed E-state index contributed by atoms with van der Waals surface area (Å²) in [5.74, 6) is -2.27. The highest BCUT2D eigenvalue weighted by Crippen LogP contribution is 2.39. The van der Waals surface area contributed by atoms with Crippen LogP contribution in [0.5, 0.6) is 0 Å².